The van der Waals surface area contributed by atoms with Crippen molar-refractivity contribution in [3.05, 3.63) is 29.6 Å². The van der Waals surface area contributed by atoms with Crippen molar-refractivity contribution >= 4 is 15.9 Å². The average Bonchev–Trinajstić information content (AvgIpc) is 2.04. The summed E-state index contributed by atoms with van der Waals surface area (Å²) in [4.78, 5) is 3.88. The fourth-order valence-corrected chi connectivity index (χ4v) is 1.28. The molecule has 1 N–H and O–H groups in total. The van der Waals surface area contributed by atoms with Crippen LogP contribution in [-0.4, -0.2) is 10.1 Å². The van der Waals surface area contributed by atoms with Crippen molar-refractivity contribution in [2.45, 2.75) is 11.9 Å². The van der Waals surface area contributed by atoms with Crippen LogP contribution in [0.3, 0.4) is 0 Å². The predicted molar refractivity (Wildman–Crippen MR) is 42.8 cm³/mol. The van der Waals surface area contributed by atoms with Gasteiger partial charge in [-0.05, 0) is 17.2 Å². The highest BCUT2D eigenvalue weighted by atomic mass is 79.9. The van der Waals surface area contributed by atoms with Crippen molar-refractivity contribution in [2.24, 2.45) is 0 Å². The second-order valence-corrected chi connectivity index (χ2v) is 2.50. The van der Waals surface area contributed by atoms with Crippen molar-refractivity contribution in [3.63, 3.8) is 0 Å². The van der Waals surface area contributed by atoms with E-state index in [9.17, 15) is 0 Å². The Hall–Kier alpha value is -0.410. The third-order valence-corrected chi connectivity index (χ3v) is 1.92. The van der Waals surface area contributed by atoms with E-state index < -0.39 is 0 Å². The van der Waals surface area contributed by atoms with E-state index in [4.69, 9.17) is 5.11 Å². The molecular weight excluding hydrogens is 194 g/mol. The van der Waals surface area contributed by atoms with Gasteiger partial charge in [-0.15, -0.1) is 0 Å². The first-order chi connectivity index (χ1) is 4.88. The Kier molecular flexibility index (Phi) is 2.83. The molecule has 0 amide bonds. The molecule has 54 valence electrons. The van der Waals surface area contributed by atoms with Crippen LogP contribution in [0.25, 0.3) is 0 Å². The molecule has 10 heavy (non-hydrogen) atoms. The van der Waals surface area contributed by atoms with Crippen molar-refractivity contribution in [1.29, 1.82) is 0 Å². The molecule has 0 aliphatic rings. The maximum atomic E-state index is 8.79. The number of nitrogens with zero attached hydrogens (tertiary/aromatic N) is 1. The highest BCUT2D eigenvalue weighted by Crippen LogP contribution is 2.09. The van der Waals surface area contributed by atoms with E-state index in [-0.39, 0.29) is 6.61 Å². The Morgan fingerprint density at radius 2 is 2.30 bits per heavy atom. The fraction of sp³-hybridized carbons (Fsp3) is 0.286. The van der Waals surface area contributed by atoms with Gasteiger partial charge in [-0.2, -0.15) is 0 Å². The van der Waals surface area contributed by atoms with E-state index >= 15 is 0 Å². The van der Waals surface area contributed by atoms with Gasteiger partial charge in [0.1, 0.15) is 0 Å². The normalized spacial score (nSPS) is 9.80. The first kappa shape index (κ1) is 7.69. The third-order valence-electron chi connectivity index (χ3n) is 1.32. The molecule has 0 saturated carbocycles. The molecule has 0 aliphatic heterocycles. The maximum absolute atomic E-state index is 8.79. The summed E-state index contributed by atoms with van der Waals surface area (Å²) in [6, 6.07) is 1.89. The zero-order valence-electron chi connectivity index (χ0n) is 5.42. The van der Waals surface area contributed by atoms with Gasteiger partial charge in [0, 0.05) is 17.7 Å². The quantitative estimate of drug-likeness (QED) is 0.736. The van der Waals surface area contributed by atoms with Crippen LogP contribution < -0.4 is 0 Å². The summed E-state index contributed by atoms with van der Waals surface area (Å²) < 4.78 is 0. The number of alkyl halides is 1. The highest BCUT2D eigenvalue weighted by Gasteiger charge is 1.96. The van der Waals surface area contributed by atoms with Gasteiger partial charge in [-0.1, -0.05) is 15.9 Å². The Labute approximate surface area is 68.0 Å². The minimum Gasteiger partial charge on any atom is -0.392 e. The molecule has 3 heteroatoms. The van der Waals surface area contributed by atoms with Gasteiger partial charge in [-0.3, -0.25) is 4.98 Å². The molecule has 1 aromatic heterocycles. The zero-order valence-corrected chi connectivity index (χ0v) is 7.00. The first-order valence-corrected chi connectivity index (χ1v) is 4.09. The lowest BCUT2D eigenvalue weighted by molar-refractivity contribution is 0.280. The van der Waals surface area contributed by atoms with E-state index in [1.54, 1.807) is 12.4 Å². The molecule has 0 aromatic carbocycles. The summed E-state index contributed by atoms with van der Waals surface area (Å²) in [5.41, 5.74) is 1.98. The molecule has 0 unspecified atom stereocenters. The van der Waals surface area contributed by atoms with Crippen LogP contribution in [-0.2, 0) is 11.9 Å². The van der Waals surface area contributed by atoms with Crippen LogP contribution >= 0.6 is 15.9 Å². The van der Waals surface area contributed by atoms with Crippen LogP contribution in [0, 0.1) is 0 Å². The van der Waals surface area contributed by atoms with Crippen LogP contribution in [0.5, 0.6) is 0 Å². The SMILES string of the molecule is OCc1cnccc1CBr. The Morgan fingerprint density at radius 1 is 1.50 bits per heavy atom. The van der Waals surface area contributed by atoms with Crippen LogP contribution in [0.4, 0.5) is 0 Å². The molecule has 0 radical (unpaired) electrons. The molecule has 0 fully saturated rings. The summed E-state index contributed by atoms with van der Waals surface area (Å²) in [5, 5.41) is 9.56. The number of pyridine rings is 1. The molecule has 1 rings (SSSR count). The predicted octanol–water partition coefficient (Wildman–Crippen LogP) is 1.47. The van der Waals surface area contributed by atoms with Crippen LogP contribution in [0.15, 0.2) is 18.5 Å². The Balaban J connectivity index is 2.96. The van der Waals surface area contributed by atoms with Gasteiger partial charge in [0.25, 0.3) is 0 Å². The topological polar surface area (TPSA) is 33.1 Å². The molecule has 0 bridgehead atoms. The lowest BCUT2D eigenvalue weighted by atomic mass is 10.2. The molecular formula is C7H8BrNO. The van der Waals surface area contributed by atoms with Crippen molar-refractivity contribution < 1.29 is 5.11 Å². The molecule has 2 nitrogen and oxygen atoms in total. The molecule has 1 heterocycles. The molecule has 0 aliphatic carbocycles. The third kappa shape index (κ3) is 1.55. The number of aliphatic hydroxyl groups is 1. The summed E-state index contributed by atoms with van der Waals surface area (Å²) in [7, 11) is 0. The van der Waals surface area contributed by atoms with Gasteiger partial charge in [-0.25, -0.2) is 0 Å². The van der Waals surface area contributed by atoms with Crippen LogP contribution in [0.1, 0.15) is 11.1 Å². The summed E-state index contributed by atoms with van der Waals surface area (Å²) in [6.45, 7) is 0.0643. The molecule has 0 atom stereocenters. The number of rotatable bonds is 2. The highest BCUT2D eigenvalue weighted by molar-refractivity contribution is 9.08. The smallest absolute Gasteiger partial charge is 0.0699 e. The monoisotopic (exact) mass is 201 g/mol. The number of aliphatic hydroxyl groups excluding tert-OH is 1. The van der Waals surface area contributed by atoms with Crippen molar-refractivity contribution in [3.8, 4) is 0 Å². The van der Waals surface area contributed by atoms with Gasteiger partial charge < -0.3 is 5.11 Å². The largest absolute Gasteiger partial charge is 0.392 e. The minimum absolute atomic E-state index is 0.0643. The standard InChI is InChI=1S/C7H8BrNO/c8-3-6-1-2-9-4-7(6)5-10/h1-2,4,10H,3,5H2. The number of hydrogen-bond donors (Lipinski definition) is 1. The van der Waals surface area contributed by atoms with E-state index in [0.29, 0.717) is 0 Å². The Morgan fingerprint density at radius 3 is 2.80 bits per heavy atom. The number of aromatic nitrogens is 1. The number of hydrogen-bond acceptors (Lipinski definition) is 2. The minimum atomic E-state index is 0.0643. The number of halogens is 1. The van der Waals surface area contributed by atoms with E-state index in [1.807, 2.05) is 6.07 Å². The summed E-state index contributed by atoms with van der Waals surface area (Å²) >= 11 is 3.31. The lowest BCUT2D eigenvalue weighted by Gasteiger charge is -2.00. The van der Waals surface area contributed by atoms with Crippen molar-refractivity contribution in [1.82, 2.24) is 4.98 Å². The Bertz CT molecular complexity index is 192. The maximum Gasteiger partial charge on any atom is 0.0699 e. The van der Waals surface area contributed by atoms with E-state index in [0.717, 1.165) is 16.5 Å². The van der Waals surface area contributed by atoms with E-state index in [2.05, 4.69) is 20.9 Å². The second kappa shape index (κ2) is 3.68. The summed E-state index contributed by atoms with van der Waals surface area (Å²) in [5.74, 6) is 0. The second-order valence-electron chi connectivity index (χ2n) is 1.94. The fourth-order valence-electron chi connectivity index (χ4n) is 0.729. The first-order valence-electron chi connectivity index (χ1n) is 2.97. The zero-order chi connectivity index (χ0) is 7.40. The lowest BCUT2D eigenvalue weighted by Crippen LogP contribution is -1.90. The van der Waals surface area contributed by atoms with Gasteiger partial charge in [0.15, 0.2) is 0 Å². The van der Waals surface area contributed by atoms with Gasteiger partial charge in [0.05, 0.1) is 6.61 Å². The average molecular weight is 202 g/mol. The molecule has 1 aromatic rings. The van der Waals surface area contributed by atoms with Gasteiger partial charge in [0.2, 0.25) is 0 Å². The molecule has 0 saturated heterocycles. The van der Waals surface area contributed by atoms with E-state index in [1.165, 1.54) is 0 Å². The van der Waals surface area contributed by atoms with Crippen LogP contribution in [0.2, 0.25) is 0 Å². The summed E-state index contributed by atoms with van der Waals surface area (Å²) in [6.07, 6.45) is 3.40. The molecule has 0 spiro atoms. The van der Waals surface area contributed by atoms with Gasteiger partial charge >= 0.3 is 0 Å². The van der Waals surface area contributed by atoms with Crippen molar-refractivity contribution in [2.75, 3.05) is 0 Å².